The molecule has 0 bridgehead atoms. The molecule has 0 saturated heterocycles. The molecule has 0 aliphatic carbocycles. The van der Waals surface area contributed by atoms with Gasteiger partial charge in [0.15, 0.2) is 0 Å². The number of rotatable bonds is 0. The first-order chi connectivity index (χ1) is 6.18. The Kier molecular flexibility index (Phi) is 1.81. The molecule has 2 rings (SSSR count). The van der Waals surface area contributed by atoms with E-state index in [1.807, 2.05) is 0 Å². The molecule has 2 aromatic rings. The Morgan fingerprint density at radius 3 is 2.85 bits per heavy atom. The van der Waals surface area contributed by atoms with Gasteiger partial charge in [-0.25, -0.2) is 4.39 Å². The van der Waals surface area contributed by atoms with Crippen molar-refractivity contribution < 1.29 is 4.39 Å². The van der Waals surface area contributed by atoms with Crippen molar-refractivity contribution >= 4 is 22.4 Å². The Hall–Kier alpha value is -1.35. The molecule has 0 amide bonds. The molecule has 0 unspecified atom stereocenters. The van der Waals surface area contributed by atoms with Crippen LogP contribution in [0.3, 0.4) is 0 Å². The fraction of sp³-hybridized carbons (Fsp3) is 0. The van der Waals surface area contributed by atoms with Crippen LogP contribution in [-0.2, 0) is 0 Å². The van der Waals surface area contributed by atoms with Crippen molar-refractivity contribution in [3.63, 3.8) is 0 Å². The van der Waals surface area contributed by atoms with Gasteiger partial charge >= 0.3 is 0 Å². The molecule has 2 nitrogen and oxygen atoms in total. The highest BCUT2D eigenvalue weighted by Crippen LogP contribution is 2.19. The second kappa shape index (κ2) is 2.85. The summed E-state index contributed by atoms with van der Waals surface area (Å²) < 4.78 is 13.2. The molecule has 1 aromatic carbocycles. The minimum atomic E-state index is -0.478. The third-order valence-electron chi connectivity index (χ3n) is 1.80. The molecular formula is C9H5ClFNO. The molecule has 13 heavy (non-hydrogen) atoms. The van der Waals surface area contributed by atoms with Crippen LogP contribution in [0.5, 0.6) is 0 Å². The van der Waals surface area contributed by atoms with Crippen molar-refractivity contribution in [3.8, 4) is 0 Å². The van der Waals surface area contributed by atoms with Crippen LogP contribution < -0.4 is 5.56 Å². The third kappa shape index (κ3) is 1.31. The van der Waals surface area contributed by atoms with Crippen LogP contribution in [0, 0.1) is 5.82 Å². The molecule has 0 fully saturated rings. The number of aromatic amines is 1. The zero-order valence-corrected chi connectivity index (χ0v) is 7.23. The van der Waals surface area contributed by atoms with Gasteiger partial charge < -0.3 is 4.98 Å². The summed E-state index contributed by atoms with van der Waals surface area (Å²) in [5.41, 5.74) is -0.334. The van der Waals surface area contributed by atoms with Crippen LogP contribution in [0.15, 0.2) is 29.2 Å². The molecule has 0 atom stereocenters. The van der Waals surface area contributed by atoms with E-state index in [9.17, 15) is 9.18 Å². The molecule has 0 saturated carbocycles. The number of benzene rings is 1. The molecule has 0 spiro atoms. The van der Waals surface area contributed by atoms with Crippen molar-refractivity contribution in [2.45, 2.75) is 0 Å². The monoisotopic (exact) mass is 197 g/mol. The predicted octanol–water partition coefficient (Wildman–Crippen LogP) is 2.32. The van der Waals surface area contributed by atoms with Crippen molar-refractivity contribution in [2.24, 2.45) is 0 Å². The first-order valence-electron chi connectivity index (χ1n) is 3.65. The summed E-state index contributed by atoms with van der Waals surface area (Å²) in [6.07, 6.45) is 1.40. The highest BCUT2D eigenvalue weighted by Gasteiger charge is 2.04. The Morgan fingerprint density at radius 2 is 2.08 bits per heavy atom. The lowest BCUT2D eigenvalue weighted by atomic mass is 10.2. The maximum Gasteiger partial charge on any atom is 0.255 e. The zero-order chi connectivity index (χ0) is 9.42. The van der Waals surface area contributed by atoms with Crippen LogP contribution in [-0.4, -0.2) is 4.98 Å². The van der Waals surface area contributed by atoms with E-state index >= 15 is 0 Å². The van der Waals surface area contributed by atoms with Gasteiger partial charge in [0.1, 0.15) is 5.82 Å². The molecular weight excluding hydrogens is 193 g/mol. The summed E-state index contributed by atoms with van der Waals surface area (Å²) in [5, 5.41) is 0.780. The molecule has 4 heteroatoms. The second-order valence-corrected chi connectivity index (χ2v) is 3.09. The minimum Gasteiger partial charge on any atom is -0.329 e. The van der Waals surface area contributed by atoms with Gasteiger partial charge in [-0.05, 0) is 18.2 Å². The van der Waals surface area contributed by atoms with Gasteiger partial charge in [-0.1, -0.05) is 11.6 Å². The molecule has 0 aliphatic rings. The number of hydrogen-bond acceptors (Lipinski definition) is 1. The largest absolute Gasteiger partial charge is 0.329 e. The molecule has 66 valence electrons. The molecule has 0 aliphatic heterocycles. The van der Waals surface area contributed by atoms with E-state index in [2.05, 4.69) is 4.98 Å². The highest BCUT2D eigenvalue weighted by atomic mass is 35.5. The number of nitrogens with one attached hydrogen (secondary N) is 1. The molecule has 0 radical (unpaired) electrons. The lowest BCUT2D eigenvalue weighted by molar-refractivity contribution is 0.639. The molecule has 1 heterocycles. The van der Waals surface area contributed by atoms with Crippen LogP contribution >= 0.6 is 11.6 Å². The topological polar surface area (TPSA) is 32.9 Å². The van der Waals surface area contributed by atoms with Crippen LogP contribution in [0.4, 0.5) is 4.39 Å². The van der Waals surface area contributed by atoms with Crippen LogP contribution in [0.2, 0.25) is 5.02 Å². The summed E-state index contributed by atoms with van der Waals surface area (Å²) in [5.74, 6) is -0.478. The Bertz CT molecular complexity index is 520. The van der Waals surface area contributed by atoms with E-state index in [1.54, 1.807) is 0 Å². The number of halogens is 2. The summed E-state index contributed by atoms with van der Waals surface area (Å²) in [7, 11) is 0. The first-order valence-corrected chi connectivity index (χ1v) is 4.03. The highest BCUT2D eigenvalue weighted by molar-refractivity contribution is 6.31. The summed E-state index contributed by atoms with van der Waals surface area (Å²) in [6.45, 7) is 0. The lowest BCUT2D eigenvalue weighted by Crippen LogP contribution is -2.04. The van der Waals surface area contributed by atoms with E-state index in [4.69, 9.17) is 11.6 Å². The average molecular weight is 198 g/mol. The summed E-state index contributed by atoms with van der Waals surface area (Å²) in [4.78, 5) is 13.7. The van der Waals surface area contributed by atoms with Gasteiger partial charge in [0.25, 0.3) is 5.56 Å². The average Bonchev–Trinajstić information content (AvgIpc) is 2.07. The lowest BCUT2D eigenvalue weighted by Gasteiger charge is -1.98. The van der Waals surface area contributed by atoms with Gasteiger partial charge in [-0.3, -0.25) is 4.79 Å². The van der Waals surface area contributed by atoms with Gasteiger partial charge in [0, 0.05) is 16.6 Å². The fourth-order valence-corrected chi connectivity index (χ4v) is 1.43. The van der Waals surface area contributed by atoms with E-state index in [0.29, 0.717) is 0 Å². The van der Waals surface area contributed by atoms with Gasteiger partial charge in [-0.15, -0.1) is 0 Å². The number of pyridine rings is 1. The van der Waals surface area contributed by atoms with E-state index in [-0.39, 0.29) is 21.4 Å². The number of H-pyrrole nitrogens is 1. The zero-order valence-electron chi connectivity index (χ0n) is 6.47. The fourth-order valence-electron chi connectivity index (χ4n) is 1.22. The van der Waals surface area contributed by atoms with Crippen LogP contribution in [0.1, 0.15) is 0 Å². The maximum absolute atomic E-state index is 13.2. The molecule has 1 aromatic heterocycles. The Morgan fingerprint density at radius 1 is 1.31 bits per heavy atom. The smallest absolute Gasteiger partial charge is 0.255 e. The number of hydrogen-bond donors (Lipinski definition) is 1. The quantitative estimate of drug-likeness (QED) is 0.691. The van der Waals surface area contributed by atoms with E-state index in [0.717, 1.165) is 0 Å². The maximum atomic E-state index is 13.2. The van der Waals surface area contributed by atoms with Crippen molar-refractivity contribution in [2.75, 3.05) is 0 Å². The number of fused-ring (bicyclic) bond motifs is 1. The molecule has 1 N–H and O–H groups in total. The summed E-state index contributed by atoms with van der Waals surface area (Å²) in [6, 6.07) is 4.13. The normalized spacial score (nSPS) is 10.6. The summed E-state index contributed by atoms with van der Waals surface area (Å²) >= 11 is 5.60. The predicted molar refractivity (Wildman–Crippen MR) is 49.5 cm³/mol. The van der Waals surface area contributed by atoms with Crippen molar-refractivity contribution in [3.05, 3.63) is 45.6 Å². The Labute approximate surface area is 78.0 Å². The first kappa shape index (κ1) is 8.26. The Balaban J connectivity index is 3.03. The van der Waals surface area contributed by atoms with E-state index < -0.39 is 5.82 Å². The van der Waals surface area contributed by atoms with Crippen molar-refractivity contribution in [1.29, 1.82) is 0 Å². The van der Waals surface area contributed by atoms with Crippen LogP contribution in [0.25, 0.3) is 10.8 Å². The SMILES string of the molecule is O=c1[nH]ccc2c(F)cc(Cl)cc12. The minimum absolute atomic E-state index is 0.224. The number of aromatic nitrogens is 1. The van der Waals surface area contributed by atoms with Gasteiger partial charge in [0.2, 0.25) is 0 Å². The standard InChI is InChI=1S/C9H5ClFNO/c10-5-3-7-6(8(11)4-5)1-2-12-9(7)13/h1-4H,(H,12,13). The van der Waals surface area contributed by atoms with E-state index in [1.165, 1.54) is 24.4 Å². The second-order valence-electron chi connectivity index (χ2n) is 2.66. The van der Waals surface area contributed by atoms with Gasteiger partial charge in [0.05, 0.1) is 5.39 Å². The third-order valence-corrected chi connectivity index (χ3v) is 2.02. The van der Waals surface area contributed by atoms with Gasteiger partial charge in [-0.2, -0.15) is 0 Å². The van der Waals surface area contributed by atoms with Crippen molar-refractivity contribution in [1.82, 2.24) is 4.98 Å².